The van der Waals surface area contributed by atoms with E-state index in [2.05, 4.69) is 4.74 Å². The number of ether oxygens (including phenoxy) is 3. The summed E-state index contributed by atoms with van der Waals surface area (Å²) in [6.07, 6.45) is 0.151. The first-order valence-electron chi connectivity index (χ1n) is 6.28. The first-order chi connectivity index (χ1) is 9.58. The highest BCUT2D eigenvalue weighted by atomic mass is 32.2. The second-order valence-corrected chi connectivity index (χ2v) is 6.15. The molecule has 0 aliphatic heterocycles. The minimum atomic E-state index is -1.14. The molecule has 0 aliphatic carbocycles. The van der Waals surface area contributed by atoms with E-state index in [4.69, 9.17) is 9.47 Å². The van der Waals surface area contributed by atoms with E-state index in [0.29, 0.717) is 23.9 Å². The van der Waals surface area contributed by atoms with Crippen LogP contribution in [0.25, 0.3) is 0 Å². The van der Waals surface area contributed by atoms with Gasteiger partial charge in [0, 0.05) is 16.0 Å². The maximum absolute atomic E-state index is 11.9. The number of carbonyl (C=O) groups is 1. The number of carbonyl (C=O) groups excluding carboxylic acids is 1. The molecule has 1 aromatic rings. The van der Waals surface area contributed by atoms with Crippen LogP contribution in [-0.4, -0.2) is 42.0 Å². The van der Waals surface area contributed by atoms with E-state index in [0.717, 1.165) is 0 Å². The van der Waals surface area contributed by atoms with Crippen molar-refractivity contribution < 1.29 is 23.2 Å². The van der Waals surface area contributed by atoms with Crippen LogP contribution < -0.4 is 9.47 Å². The molecule has 0 amide bonds. The molecule has 2 unspecified atom stereocenters. The van der Waals surface area contributed by atoms with Crippen molar-refractivity contribution in [3.05, 3.63) is 24.3 Å². The van der Waals surface area contributed by atoms with Gasteiger partial charge in [0.2, 0.25) is 0 Å². The van der Waals surface area contributed by atoms with Gasteiger partial charge in [-0.15, -0.1) is 0 Å². The summed E-state index contributed by atoms with van der Waals surface area (Å²) < 4.78 is 27.2. The zero-order valence-corrected chi connectivity index (χ0v) is 12.8. The van der Waals surface area contributed by atoms with Gasteiger partial charge in [0.25, 0.3) is 0 Å². The first-order valence-corrected chi connectivity index (χ1v) is 7.66. The van der Waals surface area contributed by atoms with Crippen LogP contribution in [-0.2, 0) is 20.3 Å². The van der Waals surface area contributed by atoms with E-state index in [-0.39, 0.29) is 17.6 Å². The molecule has 0 radical (unpaired) electrons. The van der Waals surface area contributed by atoms with Crippen molar-refractivity contribution in [1.29, 1.82) is 0 Å². The molecule has 20 heavy (non-hydrogen) atoms. The lowest BCUT2D eigenvalue weighted by molar-refractivity contribution is -0.140. The SMILES string of the molecule is COC(=O)CC(C)S(=O)CCOc1ccccc1OC. The molecular formula is C14H20O5S. The average molecular weight is 300 g/mol. The number of para-hydroxylation sites is 2. The van der Waals surface area contributed by atoms with E-state index in [1.807, 2.05) is 12.1 Å². The Morgan fingerprint density at radius 2 is 1.90 bits per heavy atom. The summed E-state index contributed by atoms with van der Waals surface area (Å²) >= 11 is 0. The third kappa shape index (κ3) is 5.21. The molecule has 0 aliphatic rings. The molecule has 0 N–H and O–H groups in total. The highest BCUT2D eigenvalue weighted by molar-refractivity contribution is 7.85. The van der Waals surface area contributed by atoms with E-state index in [1.165, 1.54) is 7.11 Å². The summed E-state index contributed by atoms with van der Waals surface area (Å²) in [7, 11) is 1.75. The van der Waals surface area contributed by atoms with Gasteiger partial charge in [0.15, 0.2) is 11.5 Å². The Morgan fingerprint density at radius 3 is 2.50 bits per heavy atom. The van der Waals surface area contributed by atoms with Crippen molar-refractivity contribution in [2.75, 3.05) is 26.6 Å². The fourth-order valence-corrected chi connectivity index (χ4v) is 2.56. The second-order valence-electron chi connectivity index (χ2n) is 4.18. The minimum Gasteiger partial charge on any atom is -0.493 e. The molecule has 0 aromatic heterocycles. The lowest BCUT2D eigenvalue weighted by Crippen LogP contribution is -2.21. The molecule has 0 saturated heterocycles. The van der Waals surface area contributed by atoms with Crippen molar-refractivity contribution in [3.63, 3.8) is 0 Å². The smallest absolute Gasteiger partial charge is 0.306 e. The zero-order chi connectivity index (χ0) is 15.0. The van der Waals surface area contributed by atoms with Crippen LogP contribution >= 0.6 is 0 Å². The first kappa shape index (κ1) is 16.5. The molecule has 2 atom stereocenters. The van der Waals surface area contributed by atoms with Crippen LogP contribution in [0, 0.1) is 0 Å². The van der Waals surface area contributed by atoms with Gasteiger partial charge in [0.1, 0.15) is 0 Å². The molecule has 0 saturated carbocycles. The van der Waals surface area contributed by atoms with E-state index >= 15 is 0 Å². The summed E-state index contributed by atoms with van der Waals surface area (Å²) in [6, 6.07) is 7.28. The predicted molar refractivity (Wildman–Crippen MR) is 77.6 cm³/mol. The van der Waals surface area contributed by atoms with Crippen molar-refractivity contribution in [1.82, 2.24) is 0 Å². The largest absolute Gasteiger partial charge is 0.493 e. The molecule has 5 nitrogen and oxygen atoms in total. The van der Waals surface area contributed by atoms with Crippen LogP contribution in [0.3, 0.4) is 0 Å². The Balaban J connectivity index is 2.40. The third-order valence-electron chi connectivity index (χ3n) is 2.74. The minimum absolute atomic E-state index is 0.151. The number of hydrogen-bond acceptors (Lipinski definition) is 5. The van der Waals surface area contributed by atoms with Crippen LogP contribution in [0.15, 0.2) is 24.3 Å². The Hall–Kier alpha value is -1.56. The van der Waals surface area contributed by atoms with Gasteiger partial charge in [-0.25, -0.2) is 0 Å². The number of hydrogen-bond donors (Lipinski definition) is 0. The van der Waals surface area contributed by atoms with E-state index in [1.54, 1.807) is 26.2 Å². The van der Waals surface area contributed by atoms with Crippen molar-refractivity contribution in [2.24, 2.45) is 0 Å². The molecule has 0 heterocycles. The maximum Gasteiger partial charge on any atom is 0.306 e. The van der Waals surface area contributed by atoms with Crippen molar-refractivity contribution in [3.8, 4) is 11.5 Å². The molecule has 1 rings (SSSR count). The predicted octanol–water partition coefficient (Wildman–Crippen LogP) is 1.77. The Kier molecular flexibility index (Phi) is 7.08. The van der Waals surface area contributed by atoms with Gasteiger partial charge in [0.05, 0.1) is 33.0 Å². The lowest BCUT2D eigenvalue weighted by Gasteiger charge is -2.12. The molecule has 6 heteroatoms. The molecule has 0 bridgehead atoms. The summed E-state index contributed by atoms with van der Waals surface area (Å²) in [4.78, 5) is 11.1. The monoisotopic (exact) mass is 300 g/mol. The fourth-order valence-electron chi connectivity index (χ4n) is 1.58. The van der Waals surface area contributed by atoms with Gasteiger partial charge >= 0.3 is 5.97 Å². The van der Waals surface area contributed by atoms with E-state index < -0.39 is 10.8 Å². The quantitative estimate of drug-likeness (QED) is 0.685. The molecule has 0 spiro atoms. The Morgan fingerprint density at radius 1 is 1.25 bits per heavy atom. The van der Waals surface area contributed by atoms with E-state index in [9.17, 15) is 9.00 Å². The number of methoxy groups -OCH3 is 2. The molecule has 0 fully saturated rings. The third-order valence-corrected chi connectivity index (χ3v) is 4.38. The summed E-state index contributed by atoms with van der Waals surface area (Å²) in [5.41, 5.74) is 0. The number of esters is 1. The van der Waals surface area contributed by atoms with Crippen LogP contribution in [0.2, 0.25) is 0 Å². The standard InChI is InChI=1S/C14H20O5S/c1-11(10-14(15)18-3)20(16)9-8-19-13-7-5-4-6-12(13)17-2/h4-7,11H,8-10H2,1-3H3. The topological polar surface area (TPSA) is 61.8 Å². The van der Waals surface area contributed by atoms with Crippen molar-refractivity contribution in [2.45, 2.75) is 18.6 Å². The van der Waals surface area contributed by atoms with Gasteiger partial charge in [-0.05, 0) is 12.1 Å². The zero-order valence-electron chi connectivity index (χ0n) is 12.0. The van der Waals surface area contributed by atoms with Crippen LogP contribution in [0.1, 0.15) is 13.3 Å². The normalized spacial score (nSPS) is 13.3. The highest BCUT2D eigenvalue weighted by Gasteiger charge is 2.16. The maximum atomic E-state index is 11.9. The summed E-state index contributed by atoms with van der Waals surface area (Å²) in [5, 5.41) is -0.247. The second kappa shape index (κ2) is 8.58. The number of rotatable bonds is 8. The van der Waals surface area contributed by atoms with Gasteiger partial charge in [-0.3, -0.25) is 9.00 Å². The van der Waals surface area contributed by atoms with Gasteiger partial charge in [-0.1, -0.05) is 19.1 Å². The number of benzene rings is 1. The van der Waals surface area contributed by atoms with Crippen LogP contribution in [0.5, 0.6) is 11.5 Å². The summed E-state index contributed by atoms with van der Waals surface area (Å²) in [5.74, 6) is 1.26. The van der Waals surface area contributed by atoms with Crippen molar-refractivity contribution >= 4 is 16.8 Å². The molecule has 112 valence electrons. The van der Waals surface area contributed by atoms with Gasteiger partial charge < -0.3 is 14.2 Å². The highest BCUT2D eigenvalue weighted by Crippen LogP contribution is 2.25. The fraction of sp³-hybridized carbons (Fsp3) is 0.500. The van der Waals surface area contributed by atoms with Crippen LogP contribution in [0.4, 0.5) is 0 Å². The Bertz CT molecular complexity index is 461. The lowest BCUT2D eigenvalue weighted by atomic mass is 10.3. The molecular weight excluding hydrogens is 280 g/mol. The molecule has 1 aromatic carbocycles. The Labute approximate surface area is 121 Å². The van der Waals surface area contributed by atoms with Gasteiger partial charge in [-0.2, -0.15) is 0 Å². The average Bonchev–Trinajstić information content (AvgIpc) is 2.47. The summed E-state index contributed by atoms with van der Waals surface area (Å²) in [6.45, 7) is 2.06.